The fraction of sp³-hybridized carbons (Fsp3) is 0.857. The average Bonchev–Trinajstić information content (AvgIpc) is 2.63. The maximum Gasteiger partial charge on any atom is 0.229 e. The van der Waals surface area contributed by atoms with Crippen LogP contribution in [0.2, 0.25) is 0 Å². The summed E-state index contributed by atoms with van der Waals surface area (Å²) in [4.78, 5) is 13.2. The fourth-order valence-electron chi connectivity index (χ4n) is 1.64. The van der Waals surface area contributed by atoms with Gasteiger partial charge in [0, 0.05) is 6.54 Å². The number of hydrogen-bond donors (Lipinski definition) is 1. The second kappa shape index (κ2) is 1.91. The zero-order chi connectivity index (χ0) is 7.19. The molecule has 2 rings (SSSR count). The predicted octanol–water partition coefficient (Wildman–Crippen LogP) is 0.886. The molecule has 0 N–H and O–H groups in total. The lowest BCUT2D eigenvalue weighted by Gasteiger charge is -2.11. The maximum absolute atomic E-state index is 11.4. The molecule has 56 valence electrons. The van der Waals surface area contributed by atoms with Crippen LogP contribution in [0.3, 0.4) is 0 Å². The Kier molecular flexibility index (Phi) is 1.24. The Morgan fingerprint density at radius 1 is 1.50 bits per heavy atom. The van der Waals surface area contributed by atoms with Crippen molar-refractivity contribution < 1.29 is 4.79 Å². The van der Waals surface area contributed by atoms with Crippen LogP contribution >= 0.6 is 12.6 Å². The van der Waals surface area contributed by atoms with Crippen molar-refractivity contribution >= 4 is 18.5 Å². The third kappa shape index (κ3) is 0.698. The molecule has 1 aliphatic carbocycles. The van der Waals surface area contributed by atoms with Gasteiger partial charge in [-0.25, -0.2) is 0 Å². The Balaban J connectivity index is 2.13. The topological polar surface area (TPSA) is 20.3 Å². The third-order valence-electron chi connectivity index (χ3n) is 2.63. The molecule has 3 heteroatoms. The predicted molar refractivity (Wildman–Crippen MR) is 41.9 cm³/mol. The molecule has 10 heavy (non-hydrogen) atoms. The van der Waals surface area contributed by atoms with E-state index in [0.717, 1.165) is 25.8 Å². The highest BCUT2D eigenvalue weighted by molar-refractivity contribution is 7.80. The van der Waals surface area contributed by atoms with Gasteiger partial charge in [0.15, 0.2) is 0 Å². The molecule has 0 radical (unpaired) electrons. The first-order chi connectivity index (χ1) is 4.78. The Morgan fingerprint density at radius 2 is 2.20 bits per heavy atom. The molecule has 0 bridgehead atoms. The zero-order valence-electron chi connectivity index (χ0n) is 5.84. The van der Waals surface area contributed by atoms with Crippen LogP contribution in [0.15, 0.2) is 0 Å². The number of carbonyl (C=O) groups is 1. The van der Waals surface area contributed by atoms with E-state index in [-0.39, 0.29) is 5.41 Å². The molecule has 0 aromatic carbocycles. The number of nitrogens with zero attached hydrogens (tertiary/aromatic N) is 1. The molecule has 2 nitrogen and oxygen atoms in total. The summed E-state index contributed by atoms with van der Waals surface area (Å²) in [6.45, 7) is 0.933. The van der Waals surface area contributed by atoms with Crippen molar-refractivity contribution in [1.82, 2.24) is 4.90 Å². The molecule has 0 aromatic rings. The van der Waals surface area contributed by atoms with Crippen molar-refractivity contribution in [3.8, 4) is 0 Å². The summed E-state index contributed by atoms with van der Waals surface area (Å²) in [7, 11) is 0. The molecule has 1 spiro atoms. The minimum Gasteiger partial charge on any atom is -0.333 e. The van der Waals surface area contributed by atoms with Gasteiger partial charge < -0.3 is 4.90 Å². The second-order valence-corrected chi connectivity index (χ2v) is 3.52. The summed E-state index contributed by atoms with van der Waals surface area (Å²) in [5.41, 5.74) is 0.114. The quantitative estimate of drug-likeness (QED) is 0.560. The summed E-state index contributed by atoms with van der Waals surface area (Å²) in [6, 6.07) is 0. The van der Waals surface area contributed by atoms with E-state index in [1.165, 1.54) is 0 Å². The van der Waals surface area contributed by atoms with Crippen LogP contribution in [0.1, 0.15) is 19.3 Å². The molecule has 1 saturated heterocycles. The van der Waals surface area contributed by atoms with E-state index in [1.54, 1.807) is 0 Å². The highest BCUT2D eigenvalue weighted by atomic mass is 32.1. The smallest absolute Gasteiger partial charge is 0.229 e. The zero-order valence-corrected chi connectivity index (χ0v) is 6.73. The standard InChI is InChI=1S/C7H11NOS/c9-6-7(1-2-7)3-4-8(6)5-10/h10H,1-5H2. The van der Waals surface area contributed by atoms with Gasteiger partial charge in [0.1, 0.15) is 0 Å². The average molecular weight is 157 g/mol. The van der Waals surface area contributed by atoms with Crippen LogP contribution in [0.4, 0.5) is 0 Å². The van der Waals surface area contributed by atoms with Crippen LogP contribution in [-0.2, 0) is 4.79 Å². The fourth-order valence-corrected chi connectivity index (χ4v) is 1.91. The highest BCUT2D eigenvalue weighted by Gasteiger charge is 2.54. The number of likely N-dealkylation sites (tertiary alicyclic amines) is 1. The monoisotopic (exact) mass is 157 g/mol. The molecule has 1 amide bonds. The van der Waals surface area contributed by atoms with E-state index >= 15 is 0 Å². The minimum absolute atomic E-state index is 0.114. The van der Waals surface area contributed by atoms with Gasteiger partial charge in [0.05, 0.1) is 11.3 Å². The van der Waals surface area contributed by atoms with Gasteiger partial charge in [0.25, 0.3) is 0 Å². The second-order valence-electron chi connectivity index (χ2n) is 3.24. The molecule has 0 unspecified atom stereocenters. The summed E-state index contributed by atoms with van der Waals surface area (Å²) >= 11 is 4.09. The van der Waals surface area contributed by atoms with Gasteiger partial charge in [-0.2, -0.15) is 12.6 Å². The van der Waals surface area contributed by atoms with Gasteiger partial charge in [-0.05, 0) is 19.3 Å². The molecule has 1 saturated carbocycles. The first-order valence-corrected chi connectivity index (χ1v) is 4.32. The Morgan fingerprint density at radius 3 is 2.50 bits per heavy atom. The van der Waals surface area contributed by atoms with E-state index in [0.29, 0.717) is 11.8 Å². The van der Waals surface area contributed by atoms with E-state index in [9.17, 15) is 4.79 Å². The van der Waals surface area contributed by atoms with E-state index in [2.05, 4.69) is 12.6 Å². The maximum atomic E-state index is 11.4. The van der Waals surface area contributed by atoms with Crippen molar-refractivity contribution in [2.45, 2.75) is 19.3 Å². The number of carbonyl (C=O) groups excluding carboxylic acids is 1. The lowest BCUT2D eigenvalue weighted by molar-refractivity contribution is -0.131. The SMILES string of the molecule is O=C1N(CS)CCC12CC2. The van der Waals surface area contributed by atoms with Crippen molar-refractivity contribution in [3.63, 3.8) is 0 Å². The van der Waals surface area contributed by atoms with Crippen LogP contribution < -0.4 is 0 Å². The molecular formula is C7H11NOS. The molecule has 2 fully saturated rings. The first-order valence-electron chi connectivity index (χ1n) is 3.69. The van der Waals surface area contributed by atoms with Gasteiger partial charge in [-0.15, -0.1) is 0 Å². The van der Waals surface area contributed by atoms with Crippen LogP contribution in [0.5, 0.6) is 0 Å². The first kappa shape index (κ1) is 6.53. The summed E-state index contributed by atoms with van der Waals surface area (Å²) in [6.07, 6.45) is 3.32. The molecular weight excluding hydrogens is 146 g/mol. The van der Waals surface area contributed by atoms with Crippen molar-refractivity contribution in [1.29, 1.82) is 0 Å². The normalized spacial score (nSPS) is 28.1. The molecule has 1 aliphatic heterocycles. The molecule has 1 heterocycles. The Hall–Kier alpha value is -0.180. The van der Waals surface area contributed by atoms with E-state index in [1.807, 2.05) is 4.90 Å². The number of rotatable bonds is 1. The Bertz CT molecular complexity index is 176. The molecule has 0 aromatic heterocycles. The third-order valence-corrected chi connectivity index (χ3v) is 2.97. The minimum atomic E-state index is 0.114. The summed E-state index contributed by atoms with van der Waals surface area (Å²) in [5, 5.41) is 0. The van der Waals surface area contributed by atoms with Crippen molar-refractivity contribution in [2.24, 2.45) is 5.41 Å². The van der Waals surface area contributed by atoms with E-state index < -0.39 is 0 Å². The van der Waals surface area contributed by atoms with Crippen molar-refractivity contribution in [3.05, 3.63) is 0 Å². The lowest BCUT2D eigenvalue weighted by Crippen LogP contribution is -2.26. The van der Waals surface area contributed by atoms with E-state index in [4.69, 9.17) is 0 Å². The lowest BCUT2D eigenvalue weighted by atomic mass is 10.1. The number of amides is 1. The van der Waals surface area contributed by atoms with Gasteiger partial charge in [-0.3, -0.25) is 4.79 Å². The number of thiol groups is 1. The van der Waals surface area contributed by atoms with Gasteiger partial charge >= 0.3 is 0 Å². The highest BCUT2D eigenvalue weighted by Crippen LogP contribution is 2.53. The molecule has 0 atom stereocenters. The number of hydrogen-bond acceptors (Lipinski definition) is 2. The summed E-state index contributed by atoms with van der Waals surface area (Å²) < 4.78 is 0. The van der Waals surface area contributed by atoms with Crippen LogP contribution in [0.25, 0.3) is 0 Å². The van der Waals surface area contributed by atoms with Crippen LogP contribution in [-0.4, -0.2) is 23.2 Å². The largest absolute Gasteiger partial charge is 0.333 e. The van der Waals surface area contributed by atoms with Crippen LogP contribution in [0, 0.1) is 5.41 Å². The molecule has 2 aliphatic rings. The Labute approximate surface area is 66.0 Å². The van der Waals surface area contributed by atoms with Gasteiger partial charge in [-0.1, -0.05) is 0 Å². The van der Waals surface area contributed by atoms with Gasteiger partial charge in [0.2, 0.25) is 5.91 Å². The summed E-state index contributed by atoms with van der Waals surface area (Å²) in [5.74, 6) is 0.947. The van der Waals surface area contributed by atoms with Crippen molar-refractivity contribution in [2.75, 3.05) is 12.4 Å².